The Morgan fingerprint density at radius 2 is 1.95 bits per heavy atom. The van der Waals surface area contributed by atoms with Crippen LogP contribution in [-0.4, -0.2) is 42.0 Å². The predicted octanol–water partition coefficient (Wildman–Crippen LogP) is 2.02. The topological polar surface area (TPSA) is 72.7 Å². The van der Waals surface area contributed by atoms with E-state index in [0.29, 0.717) is 6.54 Å². The highest BCUT2D eigenvalue weighted by molar-refractivity contribution is 5.71. The van der Waals surface area contributed by atoms with Gasteiger partial charge in [0.1, 0.15) is 0 Å². The second-order valence-electron chi connectivity index (χ2n) is 4.81. The van der Waals surface area contributed by atoms with E-state index < -0.39 is 4.92 Å². The maximum absolute atomic E-state index is 11.3. The van der Waals surface area contributed by atoms with Crippen LogP contribution in [0, 0.1) is 10.1 Å². The van der Waals surface area contributed by atoms with E-state index in [1.165, 1.54) is 19.2 Å². The number of methoxy groups -OCH3 is 1. The molecule has 0 radical (unpaired) electrons. The molecule has 0 fully saturated rings. The molecule has 0 N–H and O–H groups in total. The number of carbonyl (C=O) groups is 1. The second kappa shape index (κ2) is 7.59. The third kappa shape index (κ3) is 4.97. The average molecular weight is 280 g/mol. The first-order valence-electron chi connectivity index (χ1n) is 6.48. The molecule has 0 aromatic heterocycles. The van der Waals surface area contributed by atoms with E-state index in [0.717, 1.165) is 12.0 Å². The SMILES string of the molecule is COC(=O)CN(CCc1ccc([N+](=O)[O-])cc1)C(C)C. The number of carbonyl (C=O) groups excluding carboxylic acids is 1. The third-order valence-electron chi connectivity index (χ3n) is 3.13. The quantitative estimate of drug-likeness (QED) is 0.434. The van der Waals surface area contributed by atoms with Crippen molar-refractivity contribution in [2.45, 2.75) is 26.3 Å². The Morgan fingerprint density at radius 1 is 1.35 bits per heavy atom. The Balaban J connectivity index is 2.58. The van der Waals surface area contributed by atoms with Gasteiger partial charge in [-0.2, -0.15) is 0 Å². The molecule has 1 rings (SSSR count). The van der Waals surface area contributed by atoms with Crippen LogP contribution in [0.2, 0.25) is 0 Å². The van der Waals surface area contributed by atoms with Gasteiger partial charge in [-0.1, -0.05) is 12.1 Å². The number of esters is 1. The van der Waals surface area contributed by atoms with Crippen molar-refractivity contribution in [3.05, 3.63) is 39.9 Å². The van der Waals surface area contributed by atoms with Crippen molar-refractivity contribution < 1.29 is 14.5 Å². The van der Waals surface area contributed by atoms with Gasteiger partial charge in [-0.15, -0.1) is 0 Å². The summed E-state index contributed by atoms with van der Waals surface area (Å²) in [4.78, 5) is 23.5. The van der Waals surface area contributed by atoms with Crippen LogP contribution in [0.1, 0.15) is 19.4 Å². The maximum Gasteiger partial charge on any atom is 0.319 e. The Morgan fingerprint density at radius 3 is 2.40 bits per heavy atom. The highest BCUT2D eigenvalue weighted by atomic mass is 16.6. The molecule has 0 bridgehead atoms. The molecule has 0 amide bonds. The van der Waals surface area contributed by atoms with E-state index in [1.807, 2.05) is 18.7 Å². The molecular formula is C14H20N2O4. The standard InChI is InChI=1S/C14H20N2O4/c1-11(2)15(10-14(17)20-3)9-8-12-4-6-13(7-5-12)16(18)19/h4-7,11H,8-10H2,1-3H3. The monoisotopic (exact) mass is 280 g/mol. The summed E-state index contributed by atoms with van der Waals surface area (Å²) in [7, 11) is 1.37. The minimum absolute atomic E-state index is 0.0871. The molecule has 0 aliphatic carbocycles. The second-order valence-corrected chi connectivity index (χ2v) is 4.81. The van der Waals surface area contributed by atoms with Crippen molar-refractivity contribution in [1.29, 1.82) is 0 Å². The van der Waals surface area contributed by atoms with Crippen LogP contribution >= 0.6 is 0 Å². The molecule has 110 valence electrons. The lowest BCUT2D eigenvalue weighted by Gasteiger charge is -2.25. The number of nitrogens with zero attached hydrogens (tertiary/aromatic N) is 2. The molecule has 20 heavy (non-hydrogen) atoms. The van der Waals surface area contributed by atoms with Crippen LogP contribution in [-0.2, 0) is 16.0 Å². The first-order chi connectivity index (χ1) is 9.43. The number of non-ortho nitro benzene ring substituents is 1. The molecule has 1 aromatic rings. The summed E-state index contributed by atoms with van der Waals surface area (Å²) in [6.45, 7) is 4.98. The van der Waals surface area contributed by atoms with Crippen LogP contribution in [0.5, 0.6) is 0 Å². The number of rotatable bonds is 7. The maximum atomic E-state index is 11.3. The van der Waals surface area contributed by atoms with Crippen molar-refractivity contribution >= 4 is 11.7 Å². The van der Waals surface area contributed by atoms with Gasteiger partial charge < -0.3 is 4.74 Å². The molecule has 0 saturated carbocycles. The van der Waals surface area contributed by atoms with Crippen molar-refractivity contribution in [2.24, 2.45) is 0 Å². The van der Waals surface area contributed by atoms with Gasteiger partial charge in [0, 0.05) is 24.7 Å². The summed E-state index contributed by atoms with van der Waals surface area (Å²) >= 11 is 0. The summed E-state index contributed by atoms with van der Waals surface area (Å²) in [6, 6.07) is 6.71. The minimum atomic E-state index is -0.415. The van der Waals surface area contributed by atoms with Gasteiger partial charge in [-0.3, -0.25) is 19.8 Å². The van der Waals surface area contributed by atoms with Crippen molar-refractivity contribution in [3.8, 4) is 0 Å². The van der Waals surface area contributed by atoms with Gasteiger partial charge in [-0.25, -0.2) is 0 Å². The van der Waals surface area contributed by atoms with Crippen LogP contribution in [0.25, 0.3) is 0 Å². The largest absolute Gasteiger partial charge is 0.468 e. The van der Waals surface area contributed by atoms with Crippen LogP contribution in [0.3, 0.4) is 0 Å². The third-order valence-corrected chi connectivity index (χ3v) is 3.13. The molecule has 0 atom stereocenters. The van der Waals surface area contributed by atoms with Gasteiger partial charge >= 0.3 is 5.97 Å². The van der Waals surface area contributed by atoms with Gasteiger partial charge in [0.05, 0.1) is 18.6 Å². The van der Waals surface area contributed by atoms with Gasteiger partial charge in [-0.05, 0) is 25.8 Å². The molecule has 0 saturated heterocycles. The molecule has 0 unspecified atom stereocenters. The number of nitro groups is 1. The summed E-state index contributed by atoms with van der Waals surface area (Å²) in [5.74, 6) is -0.262. The fourth-order valence-corrected chi connectivity index (χ4v) is 1.81. The van der Waals surface area contributed by atoms with Crippen LogP contribution in [0.15, 0.2) is 24.3 Å². The van der Waals surface area contributed by atoms with E-state index >= 15 is 0 Å². The first kappa shape index (κ1) is 16.1. The molecule has 0 aliphatic heterocycles. The normalized spacial score (nSPS) is 10.8. The fraction of sp³-hybridized carbons (Fsp3) is 0.500. The molecule has 0 spiro atoms. The summed E-state index contributed by atoms with van der Waals surface area (Å²) in [6.07, 6.45) is 0.729. The van der Waals surface area contributed by atoms with E-state index in [9.17, 15) is 14.9 Å². The molecule has 6 nitrogen and oxygen atoms in total. The van der Waals surface area contributed by atoms with Crippen molar-refractivity contribution in [1.82, 2.24) is 4.90 Å². The van der Waals surface area contributed by atoms with E-state index in [-0.39, 0.29) is 24.2 Å². The Bertz CT molecular complexity index is 457. The number of benzene rings is 1. The summed E-state index contributed by atoms with van der Waals surface area (Å²) in [5.41, 5.74) is 1.09. The van der Waals surface area contributed by atoms with Gasteiger partial charge in [0.2, 0.25) is 0 Å². The first-order valence-corrected chi connectivity index (χ1v) is 6.48. The van der Waals surface area contributed by atoms with Crippen molar-refractivity contribution in [3.63, 3.8) is 0 Å². The zero-order chi connectivity index (χ0) is 15.1. The zero-order valence-corrected chi connectivity index (χ0v) is 12.0. The van der Waals surface area contributed by atoms with Crippen LogP contribution < -0.4 is 0 Å². The minimum Gasteiger partial charge on any atom is -0.468 e. The molecule has 1 aromatic carbocycles. The van der Waals surface area contributed by atoms with Crippen LogP contribution in [0.4, 0.5) is 5.69 Å². The van der Waals surface area contributed by atoms with Gasteiger partial charge in [0.15, 0.2) is 0 Å². The fourth-order valence-electron chi connectivity index (χ4n) is 1.81. The van der Waals surface area contributed by atoms with Gasteiger partial charge in [0.25, 0.3) is 5.69 Å². The van der Waals surface area contributed by atoms with Crippen molar-refractivity contribution in [2.75, 3.05) is 20.2 Å². The molecular weight excluding hydrogens is 260 g/mol. The Hall–Kier alpha value is -1.95. The number of hydrogen-bond donors (Lipinski definition) is 0. The number of hydrogen-bond acceptors (Lipinski definition) is 5. The van der Waals surface area contributed by atoms with E-state index in [4.69, 9.17) is 0 Å². The predicted molar refractivity (Wildman–Crippen MR) is 75.5 cm³/mol. The zero-order valence-electron chi connectivity index (χ0n) is 12.0. The molecule has 0 aliphatic rings. The van der Waals surface area contributed by atoms with E-state index in [2.05, 4.69) is 4.74 Å². The molecule has 0 heterocycles. The lowest BCUT2D eigenvalue weighted by Crippen LogP contribution is -2.37. The summed E-state index contributed by atoms with van der Waals surface area (Å²) in [5, 5.41) is 10.6. The number of ether oxygens (including phenoxy) is 1. The van der Waals surface area contributed by atoms with E-state index in [1.54, 1.807) is 12.1 Å². The molecule has 6 heteroatoms. The summed E-state index contributed by atoms with van der Waals surface area (Å²) < 4.78 is 4.67. The lowest BCUT2D eigenvalue weighted by molar-refractivity contribution is -0.384. The number of nitro benzene ring substituents is 1. The average Bonchev–Trinajstić information content (AvgIpc) is 2.43. The Kier molecular flexibility index (Phi) is 6.11. The smallest absolute Gasteiger partial charge is 0.319 e. The highest BCUT2D eigenvalue weighted by Crippen LogP contribution is 2.13. The Labute approximate surface area is 118 Å². The lowest BCUT2D eigenvalue weighted by atomic mass is 10.1. The highest BCUT2D eigenvalue weighted by Gasteiger charge is 2.14.